The lowest BCUT2D eigenvalue weighted by Crippen LogP contribution is -2.43. The zero-order valence-electron chi connectivity index (χ0n) is 13.6. The van der Waals surface area contributed by atoms with E-state index in [1.807, 2.05) is 13.0 Å². The molecule has 2 aromatic rings. The van der Waals surface area contributed by atoms with Crippen LogP contribution in [-0.4, -0.2) is 26.0 Å². The highest BCUT2D eigenvalue weighted by Crippen LogP contribution is 2.23. The molecule has 0 saturated carbocycles. The van der Waals surface area contributed by atoms with Gasteiger partial charge in [0.15, 0.2) is 6.29 Å². The van der Waals surface area contributed by atoms with Crippen LogP contribution in [0.15, 0.2) is 42.5 Å². The molecule has 128 valence electrons. The Morgan fingerprint density at radius 3 is 2.67 bits per heavy atom. The van der Waals surface area contributed by atoms with Crippen molar-refractivity contribution < 1.29 is 18.3 Å². The minimum absolute atomic E-state index is 0.145. The standard InChI is InChI=1S/C19H21F2NO2/c1-13-10-14(12-17(21)11-13)6-8-23-19-18(22-7-9-24-19)15-2-4-16(20)5-3-15/h2-5,10-12,18-19,22H,6-9H2,1H3/t18-,19+/m0/s1. The molecule has 2 aromatic carbocycles. The minimum Gasteiger partial charge on any atom is -0.350 e. The maximum absolute atomic E-state index is 13.4. The number of benzene rings is 2. The Labute approximate surface area is 140 Å². The number of nitrogens with one attached hydrogen (secondary N) is 1. The molecular weight excluding hydrogens is 312 g/mol. The Kier molecular flexibility index (Phi) is 5.56. The second-order valence-corrected chi connectivity index (χ2v) is 5.98. The monoisotopic (exact) mass is 333 g/mol. The molecule has 1 aliphatic heterocycles. The first-order valence-corrected chi connectivity index (χ1v) is 8.10. The van der Waals surface area contributed by atoms with E-state index in [1.54, 1.807) is 12.1 Å². The summed E-state index contributed by atoms with van der Waals surface area (Å²) in [6.45, 7) is 3.56. The van der Waals surface area contributed by atoms with Crippen molar-refractivity contribution in [2.24, 2.45) is 0 Å². The van der Waals surface area contributed by atoms with Gasteiger partial charge >= 0.3 is 0 Å². The molecule has 5 heteroatoms. The topological polar surface area (TPSA) is 30.5 Å². The van der Waals surface area contributed by atoms with Crippen molar-refractivity contribution in [2.75, 3.05) is 19.8 Å². The van der Waals surface area contributed by atoms with E-state index in [0.717, 1.165) is 16.7 Å². The third-order valence-electron chi connectivity index (χ3n) is 4.02. The summed E-state index contributed by atoms with van der Waals surface area (Å²) in [5.74, 6) is -0.501. The smallest absolute Gasteiger partial charge is 0.176 e. The second kappa shape index (κ2) is 7.83. The molecular formula is C19H21F2NO2. The van der Waals surface area contributed by atoms with Crippen molar-refractivity contribution >= 4 is 0 Å². The molecule has 1 saturated heterocycles. The van der Waals surface area contributed by atoms with Crippen molar-refractivity contribution in [1.82, 2.24) is 5.32 Å². The van der Waals surface area contributed by atoms with E-state index in [2.05, 4.69) is 5.32 Å². The molecule has 1 heterocycles. The molecule has 0 aliphatic carbocycles. The molecule has 1 fully saturated rings. The summed E-state index contributed by atoms with van der Waals surface area (Å²) in [5, 5.41) is 3.34. The normalized spacial score (nSPS) is 21.0. The predicted molar refractivity (Wildman–Crippen MR) is 87.7 cm³/mol. The fourth-order valence-corrected chi connectivity index (χ4v) is 2.92. The van der Waals surface area contributed by atoms with E-state index < -0.39 is 6.29 Å². The van der Waals surface area contributed by atoms with Crippen LogP contribution in [0.3, 0.4) is 0 Å². The lowest BCUT2D eigenvalue weighted by Gasteiger charge is -2.33. The molecule has 24 heavy (non-hydrogen) atoms. The Bertz CT molecular complexity index is 655. The molecule has 1 N–H and O–H groups in total. The van der Waals surface area contributed by atoms with Crippen LogP contribution in [0.25, 0.3) is 0 Å². The molecule has 2 atom stereocenters. The van der Waals surface area contributed by atoms with Crippen molar-refractivity contribution in [3.63, 3.8) is 0 Å². The molecule has 0 spiro atoms. The molecule has 0 radical (unpaired) electrons. The lowest BCUT2D eigenvalue weighted by atomic mass is 10.1. The second-order valence-electron chi connectivity index (χ2n) is 5.98. The summed E-state index contributed by atoms with van der Waals surface area (Å²) in [6, 6.07) is 11.1. The van der Waals surface area contributed by atoms with Gasteiger partial charge < -0.3 is 14.8 Å². The molecule has 0 unspecified atom stereocenters. The van der Waals surface area contributed by atoms with E-state index in [9.17, 15) is 8.78 Å². The summed E-state index contributed by atoms with van der Waals surface area (Å²) in [7, 11) is 0. The maximum atomic E-state index is 13.4. The van der Waals surface area contributed by atoms with Crippen LogP contribution in [0.2, 0.25) is 0 Å². The van der Waals surface area contributed by atoms with Crippen LogP contribution in [0.1, 0.15) is 22.7 Å². The Morgan fingerprint density at radius 1 is 1.12 bits per heavy atom. The summed E-state index contributed by atoms with van der Waals surface area (Å²) in [6.07, 6.45) is 0.160. The molecule has 0 amide bonds. The van der Waals surface area contributed by atoms with Gasteiger partial charge in [0.25, 0.3) is 0 Å². The fourth-order valence-electron chi connectivity index (χ4n) is 2.92. The summed E-state index contributed by atoms with van der Waals surface area (Å²) in [5.41, 5.74) is 2.71. The average Bonchev–Trinajstić information content (AvgIpc) is 2.55. The first-order valence-electron chi connectivity index (χ1n) is 8.10. The third kappa shape index (κ3) is 4.38. The Morgan fingerprint density at radius 2 is 1.92 bits per heavy atom. The number of halogens is 2. The fraction of sp³-hybridized carbons (Fsp3) is 0.368. The number of morpholine rings is 1. The van der Waals surface area contributed by atoms with Crippen molar-refractivity contribution in [3.05, 3.63) is 70.8 Å². The van der Waals surface area contributed by atoms with Gasteiger partial charge in [-0.1, -0.05) is 18.2 Å². The van der Waals surface area contributed by atoms with Crippen LogP contribution in [-0.2, 0) is 15.9 Å². The molecule has 0 aromatic heterocycles. The molecule has 3 rings (SSSR count). The van der Waals surface area contributed by atoms with Gasteiger partial charge in [-0.25, -0.2) is 8.78 Å². The quantitative estimate of drug-likeness (QED) is 0.908. The Hall–Kier alpha value is -1.82. The van der Waals surface area contributed by atoms with E-state index >= 15 is 0 Å². The van der Waals surface area contributed by atoms with Gasteiger partial charge in [0, 0.05) is 6.54 Å². The highest BCUT2D eigenvalue weighted by Gasteiger charge is 2.27. The van der Waals surface area contributed by atoms with E-state index in [4.69, 9.17) is 9.47 Å². The maximum Gasteiger partial charge on any atom is 0.176 e. The summed E-state index contributed by atoms with van der Waals surface area (Å²) < 4.78 is 38.1. The average molecular weight is 333 g/mol. The third-order valence-corrected chi connectivity index (χ3v) is 4.02. The van der Waals surface area contributed by atoms with Crippen molar-refractivity contribution in [1.29, 1.82) is 0 Å². The number of aryl methyl sites for hydroxylation is 1. The van der Waals surface area contributed by atoms with Gasteiger partial charge in [-0.3, -0.25) is 0 Å². The van der Waals surface area contributed by atoms with Crippen molar-refractivity contribution in [2.45, 2.75) is 25.7 Å². The zero-order chi connectivity index (χ0) is 16.9. The van der Waals surface area contributed by atoms with Crippen LogP contribution >= 0.6 is 0 Å². The number of hydrogen-bond acceptors (Lipinski definition) is 3. The first-order chi connectivity index (χ1) is 11.6. The first kappa shape index (κ1) is 17.0. The minimum atomic E-state index is -0.445. The van der Waals surface area contributed by atoms with E-state index in [1.165, 1.54) is 24.3 Å². The van der Waals surface area contributed by atoms with Gasteiger partial charge in [-0.15, -0.1) is 0 Å². The van der Waals surface area contributed by atoms with Crippen LogP contribution < -0.4 is 5.32 Å². The van der Waals surface area contributed by atoms with Gasteiger partial charge in [-0.2, -0.15) is 0 Å². The summed E-state index contributed by atoms with van der Waals surface area (Å²) >= 11 is 0. The van der Waals surface area contributed by atoms with Gasteiger partial charge in [-0.05, 0) is 54.3 Å². The number of rotatable bonds is 5. The van der Waals surface area contributed by atoms with Gasteiger partial charge in [0.05, 0.1) is 19.3 Å². The highest BCUT2D eigenvalue weighted by atomic mass is 19.1. The number of hydrogen-bond donors (Lipinski definition) is 1. The highest BCUT2D eigenvalue weighted by molar-refractivity contribution is 5.24. The van der Waals surface area contributed by atoms with Crippen LogP contribution in [0.5, 0.6) is 0 Å². The van der Waals surface area contributed by atoms with E-state index in [0.29, 0.717) is 26.2 Å². The largest absolute Gasteiger partial charge is 0.350 e. The van der Waals surface area contributed by atoms with Crippen LogP contribution in [0, 0.1) is 18.6 Å². The SMILES string of the molecule is Cc1cc(F)cc(CCO[C@@H]2OCCN[C@H]2c2ccc(F)cc2)c1. The zero-order valence-corrected chi connectivity index (χ0v) is 13.6. The predicted octanol–water partition coefficient (Wildman–Crippen LogP) is 3.52. The van der Waals surface area contributed by atoms with Crippen molar-refractivity contribution in [3.8, 4) is 0 Å². The molecule has 1 aliphatic rings. The van der Waals surface area contributed by atoms with Gasteiger partial charge in [0.1, 0.15) is 11.6 Å². The Balaban J connectivity index is 1.60. The molecule has 0 bridgehead atoms. The van der Waals surface area contributed by atoms with Crippen LogP contribution in [0.4, 0.5) is 8.78 Å². The molecule has 3 nitrogen and oxygen atoms in total. The lowest BCUT2D eigenvalue weighted by molar-refractivity contribution is -0.176. The number of ether oxygens (including phenoxy) is 2. The summed E-state index contributed by atoms with van der Waals surface area (Å²) in [4.78, 5) is 0. The van der Waals surface area contributed by atoms with Gasteiger partial charge in [0.2, 0.25) is 0 Å². The van der Waals surface area contributed by atoms with E-state index in [-0.39, 0.29) is 17.7 Å².